The Labute approximate surface area is 130 Å². The second-order valence-electron chi connectivity index (χ2n) is 5.67. The molecule has 0 radical (unpaired) electrons. The summed E-state index contributed by atoms with van der Waals surface area (Å²) < 4.78 is 52.8. The lowest BCUT2D eigenvalue weighted by molar-refractivity contribution is 0.255. The third-order valence-electron chi connectivity index (χ3n) is 4.07. The van der Waals surface area contributed by atoms with Crippen LogP contribution >= 0.6 is 0 Å². The number of halogens is 2. The minimum atomic E-state index is -3.30. The standard InChI is InChI=1S/C16H21F2NO2S/c1-2-11-22(20,21)19-10-4-5-13(12-19)8-9-14-15(17)6-3-7-16(14)18/h2-3,6-7,13H,1,4-5,8-12H2/t13-/m0/s1. The zero-order valence-electron chi connectivity index (χ0n) is 12.5. The highest BCUT2D eigenvalue weighted by atomic mass is 32.2. The number of hydrogen-bond donors (Lipinski definition) is 0. The SMILES string of the molecule is C=CCS(=O)(=O)N1CCC[C@@H](CCc2c(F)cccc2F)C1. The summed E-state index contributed by atoms with van der Waals surface area (Å²) in [7, 11) is -3.30. The maximum atomic E-state index is 13.6. The van der Waals surface area contributed by atoms with Crippen LogP contribution in [-0.4, -0.2) is 31.6 Å². The van der Waals surface area contributed by atoms with Gasteiger partial charge in [0.05, 0.1) is 5.75 Å². The van der Waals surface area contributed by atoms with Crippen LogP contribution in [0.15, 0.2) is 30.9 Å². The molecule has 1 saturated heterocycles. The van der Waals surface area contributed by atoms with Crippen LogP contribution in [0.5, 0.6) is 0 Å². The normalized spacial score (nSPS) is 20.0. The monoisotopic (exact) mass is 329 g/mol. The van der Waals surface area contributed by atoms with Crippen molar-refractivity contribution in [2.24, 2.45) is 5.92 Å². The Balaban J connectivity index is 1.98. The molecule has 0 bridgehead atoms. The van der Waals surface area contributed by atoms with Gasteiger partial charge in [-0.15, -0.1) is 6.58 Å². The van der Waals surface area contributed by atoms with E-state index in [1.807, 2.05) is 0 Å². The fourth-order valence-electron chi connectivity index (χ4n) is 2.89. The van der Waals surface area contributed by atoms with Crippen LogP contribution in [0.4, 0.5) is 8.78 Å². The van der Waals surface area contributed by atoms with Crippen LogP contribution in [0.25, 0.3) is 0 Å². The molecule has 1 aliphatic heterocycles. The van der Waals surface area contributed by atoms with Crippen molar-refractivity contribution in [2.75, 3.05) is 18.8 Å². The average molecular weight is 329 g/mol. The summed E-state index contributed by atoms with van der Waals surface area (Å²) in [5.74, 6) is -1.01. The summed E-state index contributed by atoms with van der Waals surface area (Å²) in [6.45, 7) is 4.40. The van der Waals surface area contributed by atoms with Gasteiger partial charge in [-0.3, -0.25) is 0 Å². The highest BCUT2D eigenvalue weighted by molar-refractivity contribution is 7.89. The quantitative estimate of drug-likeness (QED) is 0.752. The first-order valence-corrected chi connectivity index (χ1v) is 9.06. The first kappa shape index (κ1) is 17.1. The van der Waals surface area contributed by atoms with Gasteiger partial charge in [-0.1, -0.05) is 12.1 Å². The Kier molecular flexibility index (Phi) is 5.69. The third kappa shape index (κ3) is 4.14. The van der Waals surface area contributed by atoms with Crippen LogP contribution in [-0.2, 0) is 16.4 Å². The van der Waals surface area contributed by atoms with E-state index in [1.54, 1.807) is 0 Å². The van der Waals surface area contributed by atoms with Gasteiger partial charge in [-0.05, 0) is 43.7 Å². The lowest BCUT2D eigenvalue weighted by Crippen LogP contribution is -2.40. The molecule has 2 rings (SSSR count). The maximum Gasteiger partial charge on any atom is 0.217 e. The zero-order valence-corrected chi connectivity index (χ0v) is 13.3. The van der Waals surface area contributed by atoms with Crippen molar-refractivity contribution in [3.63, 3.8) is 0 Å². The molecule has 0 aliphatic carbocycles. The van der Waals surface area contributed by atoms with E-state index in [0.29, 0.717) is 25.9 Å². The van der Waals surface area contributed by atoms with Crippen molar-refractivity contribution >= 4 is 10.0 Å². The predicted octanol–water partition coefficient (Wildman–Crippen LogP) is 3.13. The third-order valence-corrected chi connectivity index (χ3v) is 5.84. The van der Waals surface area contributed by atoms with E-state index in [4.69, 9.17) is 0 Å². The van der Waals surface area contributed by atoms with Crippen molar-refractivity contribution in [1.82, 2.24) is 4.31 Å². The summed E-state index contributed by atoms with van der Waals surface area (Å²) in [5.41, 5.74) is 0.0913. The minimum Gasteiger partial charge on any atom is -0.212 e. The molecule has 0 spiro atoms. The van der Waals surface area contributed by atoms with Gasteiger partial charge in [0.25, 0.3) is 0 Å². The second kappa shape index (κ2) is 7.33. The molecule has 1 atom stereocenters. The molecule has 122 valence electrons. The van der Waals surface area contributed by atoms with Crippen molar-refractivity contribution in [3.8, 4) is 0 Å². The summed E-state index contributed by atoms with van der Waals surface area (Å²) >= 11 is 0. The van der Waals surface area contributed by atoms with Crippen molar-refractivity contribution in [1.29, 1.82) is 0 Å². The highest BCUT2D eigenvalue weighted by Gasteiger charge is 2.28. The average Bonchev–Trinajstić information content (AvgIpc) is 2.47. The van der Waals surface area contributed by atoms with E-state index in [0.717, 1.165) is 12.8 Å². The molecule has 0 saturated carbocycles. The van der Waals surface area contributed by atoms with Gasteiger partial charge in [0.15, 0.2) is 0 Å². The van der Waals surface area contributed by atoms with E-state index >= 15 is 0 Å². The molecule has 22 heavy (non-hydrogen) atoms. The molecule has 0 amide bonds. The zero-order chi connectivity index (χ0) is 16.2. The van der Waals surface area contributed by atoms with Gasteiger partial charge < -0.3 is 0 Å². The molecule has 0 aromatic heterocycles. The van der Waals surface area contributed by atoms with E-state index in [-0.39, 0.29) is 17.2 Å². The molecular formula is C16H21F2NO2S. The minimum absolute atomic E-state index is 0.0678. The summed E-state index contributed by atoms with van der Waals surface area (Å²) in [4.78, 5) is 0. The van der Waals surface area contributed by atoms with Gasteiger partial charge in [-0.2, -0.15) is 0 Å². The number of hydrogen-bond acceptors (Lipinski definition) is 2. The number of nitrogens with zero attached hydrogens (tertiary/aromatic N) is 1. The maximum absolute atomic E-state index is 13.6. The summed E-state index contributed by atoms with van der Waals surface area (Å²) in [5, 5.41) is 0. The summed E-state index contributed by atoms with van der Waals surface area (Å²) in [6.07, 6.45) is 3.92. The largest absolute Gasteiger partial charge is 0.217 e. The highest BCUT2D eigenvalue weighted by Crippen LogP contribution is 2.25. The van der Waals surface area contributed by atoms with Crippen molar-refractivity contribution in [2.45, 2.75) is 25.7 Å². The molecule has 3 nitrogen and oxygen atoms in total. The van der Waals surface area contributed by atoms with Gasteiger partial charge in [0, 0.05) is 18.7 Å². The number of rotatable bonds is 6. The number of piperidine rings is 1. The van der Waals surface area contributed by atoms with Crippen LogP contribution in [0, 0.1) is 17.6 Å². The Morgan fingerprint density at radius 1 is 1.32 bits per heavy atom. The fraction of sp³-hybridized carbons (Fsp3) is 0.500. The Morgan fingerprint density at radius 2 is 2.00 bits per heavy atom. The lowest BCUT2D eigenvalue weighted by Gasteiger charge is -2.31. The molecule has 0 N–H and O–H groups in total. The molecule has 1 aromatic carbocycles. The van der Waals surface area contributed by atoms with E-state index in [1.165, 1.54) is 28.6 Å². The van der Waals surface area contributed by atoms with Crippen LogP contribution < -0.4 is 0 Å². The van der Waals surface area contributed by atoms with Gasteiger partial charge in [0.1, 0.15) is 11.6 Å². The van der Waals surface area contributed by atoms with Crippen LogP contribution in [0.2, 0.25) is 0 Å². The molecule has 1 fully saturated rings. The van der Waals surface area contributed by atoms with E-state index in [2.05, 4.69) is 6.58 Å². The van der Waals surface area contributed by atoms with Crippen LogP contribution in [0.3, 0.4) is 0 Å². The molecule has 1 heterocycles. The smallest absolute Gasteiger partial charge is 0.212 e. The second-order valence-corrected chi connectivity index (χ2v) is 7.69. The number of sulfonamides is 1. The molecule has 1 aliphatic rings. The Morgan fingerprint density at radius 3 is 2.64 bits per heavy atom. The van der Waals surface area contributed by atoms with Gasteiger partial charge in [-0.25, -0.2) is 21.5 Å². The van der Waals surface area contributed by atoms with E-state index in [9.17, 15) is 17.2 Å². The Bertz CT molecular complexity index is 611. The first-order chi connectivity index (χ1) is 10.4. The topological polar surface area (TPSA) is 37.4 Å². The summed E-state index contributed by atoms with van der Waals surface area (Å²) in [6, 6.07) is 3.85. The van der Waals surface area contributed by atoms with E-state index < -0.39 is 21.7 Å². The first-order valence-electron chi connectivity index (χ1n) is 7.45. The van der Waals surface area contributed by atoms with Crippen molar-refractivity contribution < 1.29 is 17.2 Å². The Hall–Kier alpha value is -1.27. The predicted molar refractivity (Wildman–Crippen MR) is 83.0 cm³/mol. The molecule has 6 heteroatoms. The number of benzene rings is 1. The van der Waals surface area contributed by atoms with Crippen molar-refractivity contribution in [3.05, 3.63) is 48.1 Å². The van der Waals surface area contributed by atoms with Gasteiger partial charge >= 0.3 is 0 Å². The lowest BCUT2D eigenvalue weighted by atomic mass is 9.92. The molecular weight excluding hydrogens is 308 g/mol. The van der Waals surface area contributed by atoms with Crippen LogP contribution in [0.1, 0.15) is 24.8 Å². The van der Waals surface area contributed by atoms with Gasteiger partial charge in [0.2, 0.25) is 10.0 Å². The molecule has 1 aromatic rings. The fourth-order valence-corrected chi connectivity index (χ4v) is 4.24. The molecule has 0 unspecified atom stereocenters.